The lowest BCUT2D eigenvalue weighted by molar-refractivity contribution is -0.00414. The Bertz CT molecular complexity index is 563. The number of anilines is 1. The predicted molar refractivity (Wildman–Crippen MR) is 76.7 cm³/mol. The Morgan fingerprint density at radius 2 is 2.30 bits per heavy atom. The zero-order valence-electron chi connectivity index (χ0n) is 10.8. The zero-order chi connectivity index (χ0) is 14.0. The summed E-state index contributed by atoms with van der Waals surface area (Å²) in [4.78, 5) is 11.8. The number of aliphatic hydroxyl groups is 1. The highest BCUT2D eigenvalue weighted by Gasteiger charge is 2.47. The van der Waals surface area contributed by atoms with Crippen molar-refractivity contribution in [2.24, 2.45) is 5.92 Å². The van der Waals surface area contributed by atoms with Crippen LogP contribution in [0.15, 0.2) is 40.3 Å². The minimum absolute atomic E-state index is 0.141. The van der Waals surface area contributed by atoms with E-state index in [-0.39, 0.29) is 18.5 Å². The Balaban J connectivity index is 1.62. The van der Waals surface area contributed by atoms with E-state index in [1.807, 2.05) is 17.5 Å². The molecule has 2 heterocycles. The molecule has 1 unspecified atom stereocenters. The van der Waals surface area contributed by atoms with E-state index in [1.54, 1.807) is 12.1 Å². The minimum atomic E-state index is -1.11. The summed E-state index contributed by atoms with van der Waals surface area (Å²) < 4.78 is 5.32. The maximum atomic E-state index is 11.8. The number of nitrogens with one attached hydrogen (secondary N) is 2. The second kappa shape index (κ2) is 5.30. The first-order valence-electron chi connectivity index (χ1n) is 6.53. The van der Waals surface area contributed by atoms with Crippen LogP contribution < -0.4 is 10.6 Å². The van der Waals surface area contributed by atoms with Gasteiger partial charge in [-0.25, -0.2) is 4.79 Å². The molecule has 2 aromatic rings. The third-order valence-corrected chi connectivity index (χ3v) is 4.26. The third-order valence-electron chi connectivity index (χ3n) is 3.48. The molecule has 0 aliphatic heterocycles. The maximum absolute atomic E-state index is 11.8. The van der Waals surface area contributed by atoms with E-state index in [9.17, 15) is 9.90 Å². The number of thiophene rings is 1. The van der Waals surface area contributed by atoms with Crippen molar-refractivity contribution in [2.45, 2.75) is 18.4 Å². The largest absolute Gasteiger partial charge is 0.466 e. The molecule has 1 aliphatic rings. The normalized spacial score (nSPS) is 17.4. The molecular formula is C14H16N2O3S. The summed E-state index contributed by atoms with van der Waals surface area (Å²) in [7, 11) is 0. The van der Waals surface area contributed by atoms with E-state index < -0.39 is 5.60 Å². The molecule has 3 rings (SSSR count). The Kier molecular flexibility index (Phi) is 3.50. The summed E-state index contributed by atoms with van der Waals surface area (Å²) >= 11 is 1.45. The molecule has 1 fully saturated rings. The first-order chi connectivity index (χ1) is 9.68. The fourth-order valence-electron chi connectivity index (χ4n) is 2.24. The average Bonchev–Trinajstić information content (AvgIpc) is 2.93. The van der Waals surface area contributed by atoms with E-state index in [4.69, 9.17) is 4.42 Å². The molecule has 1 aliphatic carbocycles. The molecule has 6 heteroatoms. The lowest BCUT2D eigenvalue weighted by atomic mass is 9.94. The van der Waals surface area contributed by atoms with Crippen LogP contribution in [0.1, 0.15) is 18.6 Å². The van der Waals surface area contributed by atoms with E-state index in [0.29, 0.717) is 5.76 Å². The van der Waals surface area contributed by atoms with Gasteiger partial charge in [0.25, 0.3) is 0 Å². The molecule has 20 heavy (non-hydrogen) atoms. The summed E-state index contributed by atoms with van der Waals surface area (Å²) in [6, 6.07) is 6.86. The Labute approximate surface area is 120 Å². The topological polar surface area (TPSA) is 74.5 Å². The highest BCUT2D eigenvalue weighted by molar-refractivity contribution is 7.14. The number of carbonyl (C=O) groups is 1. The number of urea groups is 1. The molecule has 2 amide bonds. The van der Waals surface area contributed by atoms with Crippen LogP contribution in [0.25, 0.3) is 0 Å². The van der Waals surface area contributed by atoms with Crippen LogP contribution in [0.3, 0.4) is 0 Å². The summed E-state index contributed by atoms with van der Waals surface area (Å²) in [5, 5.41) is 18.9. The van der Waals surface area contributed by atoms with Crippen LogP contribution >= 0.6 is 11.3 Å². The fourth-order valence-corrected chi connectivity index (χ4v) is 2.85. The number of furan rings is 1. The number of carbonyl (C=O) groups excluding carboxylic acids is 1. The van der Waals surface area contributed by atoms with Gasteiger partial charge in [-0.3, -0.25) is 5.32 Å². The van der Waals surface area contributed by atoms with Gasteiger partial charge in [-0.05, 0) is 48.4 Å². The fraction of sp³-hybridized carbons (Fsp3) is 0.357. The predicted octanol–water partition coefficient (Wildman–Crippen LogP) is 2.76. The van der Waals surface area contributed by atoms with Gasteiger partial charge < -0.3 is 14.8 Å². The van der Waals surface area contributed by atoms with Crippen molar-refractivity contribution in [3.63, 3.8) is 0 Å². The first-order valence-corrected chi connectivity index (χ1v) is 7.41. The highest BCUT2D eigenvalue weighted by Crippen LogP contribution is 2.45. The first kappa shape index (κ1) is 13.2. The minimum Gasteiger partial charge on any atom is -0.466 e. The smallest absolute Gasteiger partial charge is 0.319 e. The number of rotatable bonds is 5. The maximum Gasteiger partial charge on any atom is 0.319 e. The van der Waals surface area contributed by atoms with Gasteiger partial charge >= 0.3 is 6.03 Å². The van der Waals surface area contributed by atoms with Crippen molar-refractivity contribution in [1.82, 2.24) is 5.32 Å². The summed E-state index contributed by atoms with van der Waals surface area (Å²) in [5.74, 6) is 0.659. The molecule has 0 spiro atoms. The molecule has 0 saturated heterocycles. The third kappa shape index (κ3) is 2.71. The molecule has 5 nitrogen and oxygen atoms in total. The van der Waals surface area contributed by atoms with Crippen molar-refractivity contribution in [3.8, 4) is 0 Å². The Morgan fingerprint density at radius 3 is 2.90 bits per heavy atom. The van der Waals surface area contributed by atoms with Crippen LogP contribution in [0.2, 0.25) is 0 Å². The zero-order valence-corrected chi connectivity index (χ0v) is 11.7. The van der Waals surface area contributed by atoms with Gasteiger partial charge in [0.2, 0.25) is 0 Å². The van der Waals surface area contributed by atoms with E-state index in [0.717, 1.165) is 17.8 Å². The van der Waals surface area contributed by atoms with Gasteiger partial charge in [-0.15, -0.1) is 11.3 Å². The summed E-state index contributed by atoms with van der Waals surface area (Å²) in [5.41, 5.74) is -1.11. The van der Waals surface area contributed by atoms with Crippen LogP contribution in [-0.4, -0.2) is 17.7 Å². The number of hydrogen-bond donors (Lipinski definition) is 3. The second-order valence-corrected chi connectivity index (χ2v) is 5.91. The second-order valence-electron chi connectivity index (χ2n) is 4.96. The van der Waals surface area contributed by atoms with Gasteiger partial charge in [-0.2, -0.15) is 0 Å². The van der Waals surface area contributed by atoms with Crippen LogP contribution in [-0.2, 0) is 5.60 Å². The van der Waals surface area contributed by atoms with Crippen molar-refractivity contribution < 1.29 is 14.3 Å². The molecule has 0 radical (unpaired) electrons. The quantitative estimate of drug-likeness (QED) is 0.793. The van der Waals surface area contributed by atoms with Crippen molar-refractivity contribution in [3.05, 3.63) is 41.7 Å². The van der Waals surface area contributed by atoms with Gasteiger partial charge in [0, 0.05) is 0 Å². The van der Waals surface area contributed by atoms with Crippen molar-refractivity contribution >= 4 is 22.4 Å². The van der Waals surface area contributed by atoms with E-state index >= 15 is 0 Å². The lowest BCUT2D eigenvalue weighted by Crippen LogP contribution is -2.43. The van der Waals surface area contributed by atoms with Crippen LogP contribution in [0, 0.1) is 5.92 Å². The van der Waals surface area contributed by atoms with Gasteiger partial charge in [0.05, 0.1) is 17.8 Å². The lowest BCUT2D eigenvalue weighted by Gasteiger charge is -2.26. The van der Waals surface area contributed by atoms with Crippen LogP contribution in [0.4, 0.5) is 9.80 Å². The van der Waals surface area contributed by atoms with E-state index in [1.165, 1.54) is 17.6 Å². The standard InChI is InChI=1S/C14H16N2O3S/c17-13(16-12-4-2-8-20-12)15-9-14(18,10-5-6-10)11-3-1-7-19-11/h1-4,7-8,10,18H,5-6,9H2,(H2,15,16,17). The summed E-state index contributed by atoms with van der Waals surface area (Å²) in [6.45, 7) is 0.141. The van der Waals surface area contributed by atoms with Crippen LogP contribution in [0.5, 0.6) is 0 Å². The van der Waals surface area contributed by atoms with Crippen molar-refractivity contribution in [1.29, 1.82) is 0 Å². The SMILES string of the molecule is O=C(NCC(O)(c1ccco1)C1CC1)Nc1cccs1. The molecule has 1 saturated carbocycles. The van der Waals surface area contributed by atoms with Crippen molar-refractivity contribution in [2.75, 3.05) is 11.9 Å². The Hall–Kier alpha value is -1.79. The summed E-state index contributed by atoms with van der Waals surface area (Å²) in [6.07, 6.45) is 3.44. The molecular weight excluding hydrogens is 276 g/mol. The molecule has 1 atom stereocenters. The molecule has 2 aromatic heterocycles. The van der Waals surface area contributed by atoms with Gasteiger partial charge in [0.15, 0.2) is 0 Å². The van der Waals surface area contributed by atoms with Gasteiger partial charge in [0.1, 0.15) is 11.4 Å². The monoisotopic (exact) mass is 292 g/mol. The molecule has 106 valence electrons. The van der Waals surface area contributed by atoms with Gasteiger partial charge in [-0.1, -0.05) is 0 Å². The molecule has 0 aromatic carbocycles. The highest BCUT2D eigenvalue weighted by atomic mass is 32.1. The Morgan fingerprint density at radius 1 is 1.45 bits per heavy atom. The molecule has 3 N–H and O–H groups in total. The average molecular weight is 292 g/mol. The number of amides is 2. The number of hydrogen-bond acceptors (Lipinski definition) is 4. The molecule has 0 bridgehead atoms. The van der Waals surface area contributed by atoms with E-state index in [2.05, 4.69) is 10.6 Å².